The largest absolute Gasteiger partial charge is 0.466 e. The summed E-state index contributed by atoms with van der Waals surface area (Å²) in [7, 11) is 0. The van der Waals surface area contributed by atoms with E-state index in [2.05, 4.69) is 5.32 Å². The van der Waals surface area contributed by atoms with Gasteiger partial charge in [-0.2, -0.15) is 0 Å². The minimum atomic E-state index is -0.0992. The Morgan fingerprint density at radius 1 is 1.24 bits per heavy atom. The number of likely N-dealkylation sites (tertiary alicyclic amines) is 1. The molecule has 2 heterocycles. The van der Waals surface area contributed by atoms with Crippen LogP contribution in [0.15, 0.2) is 0 Å². The summed E-state index contributed by atoms with van der Waals surface area (Å²) in [6.07, 6.45) is 5.60. The number of rotatable bonds is 5. The molecule has 120 valence electrons. The van der Waals surface area contributed by atoms with E-state index in [1.807, 2.05) is 11.8 Å². The summed E-state index contributed by atoms with van der Waals surface area (Å²) in [5.74, 6) is 0.789. The van der Waals surface area contributed by atoms with E-state index in [1.165, 1.54) is 12.8 Å². The normalized spacial score (nSPS) is 23.9. The van der Waals surface area contributed by atoms with Gasteiger partial charge < -0.3 is 15.0 Å². The second-order valence-corrected chi connectivity index (χ2v) is 6.16. The molecule has 0 radical (unpaired) electrons. The van der Waals surface area contributed by atoms with Gasteiger partial charge >= 0.3 is 5.97 Å². The first kappa shape index (κ1) is 16.3. The van der Waals surface area contributed by atoms with E-state index < -0.39 is 0 Å². The van der Waals surface area contributed by atoms with Crippen LogP contribution >= 0.6 is 0 Å². The number of carbonyl (C=O) groups is 2. The average Bonchev–Trinajstić information content (AvgIpc) is 2.54. The lowest BCUT2D eigenvalue weighted by Crippen LogP contribution is -2.41. The molecule has 5 heteroatoms. The third-order valence-electron chi connectivity index (χ3n) is 4.63. The SMILES string of the molecule is CCOC(=O)C1CCN(C(=O)CCC2CCCNC2)CC1. The second-order valence-electron chi connectivity index (χ2n) is 6.16. The number of nitrogens with one attached hydrogen (secondary N) is 1. The van der Waals surface area contributed by atoms with Crippen molar-refractivity contribution in [2.45, 2.75) is 45.4 Å². The van der Waals surface area contributed by atoms with Gasteiger partial charge in [0.1, 0.15) is 0 Å². The molecule has 0 spiro atoms. The average molecular weight is 296 g/mol. The molecule has 1 unspecified atom stereocenters. The summed E-state index contributed by atoms with van der Waals surface area (Å²) >= 11 is 0. The van der Waals surface area contributed by atoms with Gasteiger partial charge in [-0.1, -0.05) is 0 Å². The predicted molar refractivity (Wildman–Crippen MR) is 80.8 cm³/mol. The maximum atomic E-state index is 12.2. The van der Waals surface area contributed by atoms with Crippen LogP contribution in [-0.4, -0.2) is 49.6 Å². The summed E-state index contributed by atoms with van der Waals surface area (Å²) in [6, 6.07) is 0. The summed E-state index contributed by atoms with van der Waals surface area (Å²) < 4.78 is 5.05. The number of piperidine rings is 2. The molecule has 0 aromatic carbocycles. The highest BCUT2D eigenvalue weighted by atomic mass is 16.5. The summed E-state index contributed by atoms with van der Waals surface area (Å²) in [6.45, 7) is 5.84. The van der Waals surface area contributed by atoms with E-state index in [-0.39, 0.29) is 17.8 Å². The Bertz CT molecular complexity index is 345. The van der Waals surface area contributed by atoms with Crippen molar-refractivity contribution in [1.82, 2.24) is 10.2 Å². The minimum Gasteiger partial charge on any atom is -0.466 e. The van der Waals surface area contributed by atoms with Gasteiger partial charge in [-0.3, -0.25) is 9.59 Å². The Balaban J connectivity index is 1.66. The van der Waals surface area contributed by atoms with Crippen LogP contribution in [0.3, 0.4) is 0 Å². The fourth-order valence-corrected chi connectivity index (χ4v) is 3.28. The van der Waals surface area contributed by atoms with Crippen molar-refractivity contribution >= 4 is 11.9 Å². The summed E-state index contributed by atoms with van der Waals surface area (Å²) in [4.78, 5) is 25.8. The highest BCUT2D eigenvalue weighted by molar-refractivity contribution is 5.77. The van der Waals surface area contributed by atoms with Crippen LogP contribution in [0, 0.1) is 11.8 Å². The molecule has 2 aliphatic rings. The topological polar surface area (TPSA) is 58.6 Å². The van der Waals surface area contributed by atoms with Gasteiger partial charge in [0.15, 0.2) is 0 Å². The van der Waals surface area contributed by atoms with Crippen molar-refractivity contribution in [3.8, 4) is 0 Å². The Morgan fingerprint density at radius 3 is 2.62 bits per heavy atom. The summed E-state index contributed by atoms with van der Waals surface area (Å²) in [5.41, 5.74) is 0. The fraction of sp³-hybridized carbons (Fsp3) is 0.875. The number of nitrogens with zero attached hydrogens (tertiary/aromatic N) is 1. The molecule has 1 atom stereocenters. The predicted octanol–water partition coefficient (Wildman–Crippen LogP) is 1.57. The van der Waals surface area contributed by atoms with Crippen molar-refractivity contribution in [2.75, 3.05) is 32.8 Å². The lowest BCUT2D eigenvalue weighted by Gasteiger charge is -2.31. The molecule has 0 aromatic heterocycles. The smallest absolute Gasteiger partial charge is 0.309 e. The third kappa shape index (κ3) is 4.99. The number of carbonyl (C=O) groups excluding carboxylic acids is 2. The number of amides is 1. The molecular formula is C16H28N2O3. The van der Waals surface area contributed by atoms with Crippen LogP contribution < -0.4 is 5.32 Å². The molecule has 2 fully saturated rings. The monoisotopic (exact) mass is 296 g/mol. The highest BCUT2D eigenvalue weighted by Crippen LogP contribution is 2.21. The number of hydrogen-bond acceptors (Lipinski definition) is 4. The first-order chi connectivity index (χ1) is 10.2. The Kier molecular flexibility index (Phi) is 6.49. The van der Waals surface area contributed by atoms with Crippen LogP contribution in [0.25, 0.3) is 0 Å². The third-order valence-corrected chi connectivity index (χ3v) is 4.63. The molecular weight excluding hydrogens is 268 g/mol. The van der Waals surface area contributed by atoms with Crippen molar-refractivity contribution in [3.05, 3.63) is 0 Å². The van der Waals surface area contributed by atoms with Gasteiger partial charge in [0.25, 0.3) is 0 Å². The van der Waals surface area contributed by atoms with Gasteiger partial charge in [0.2, 0.25) is 5.91 Å². The second kappa shape index (κ2) is 8.37. The first-order valence-corrected chi connectivity index (χ1v) is 8.35. The quantitative estimate of drug-likeness (QED) is 0.782. The zero-order chi connectivity index (χ0) is 15.1. The van der Waals surface area contributed by atoms with Gasteiger partial charge in [0.05, 0.1) is 12.5 Å². The molecule has 1 amide bonds. The van der Waals surface area contributed by atoms with E-state index in [9.17, 15) is 9.59 Å². The molecule has 0 aliphatic carbocycles. The van der Waals surface area contributed by atoms with E-state index in [0.717, 1.165) is 32.4 Å². The molecule has 2 saturated heterocycles. The van der Waals surface area contributed by atoms with E-state index >= 15 is 0 Å². The van der Waals surface area contributed by atoms with Crippen molar-refractivity contribution in [1.29, 1.82) is 0 Å². The zero-order valence-electron chi connectivity index (χ0n) is 13.1. The highest BCUT2D eigenvalue weighted by Gasteiger charge is 2.28. The van der Waals surface area contributed by atoms with Crippen molar-refractivity contribution < 1.29 is 14.3 Å². The van der Waals surface area contributed by atoms with Crippen LogP contribution in [0.5, 0.6) is 0 Å². The van der Waals surface area contributed by atoms with Crippen molar-refractivity contribution in [2.24, 2.45) is 11.8 Å². The molecule has 1 N–H and O–H groups in total. The van der Waals surface area contributed by atoms with Crippen LogP contribution in [0.4, 0.5) is 0 Å². The van der Waals surface area contributed by atoms with Crippen LogP contribution in [0.1, 0.15) is 45.4 Å². The molecule has 2 aliphatic heterocycles. The van der Waals surface area contributed by atoms with Gasteiger partial charge in [-0.25, -0.2) is 0 Å². The number of hydrogen-bond donors (Lipinski definition) is 1. The van der Waals surface area contributed by atoms with Crippen LogP contribution in [-0.2, 0) is 14.3 Å². The van der Waals surface area contributed by atoms with Gasteiger partial charge in [0, 0.05) is 19.5 Å². The Hall–Kier alpha value is -1.10. The fourth-order valence-electron chi connectivity index (χ4n) is 3.28. The van der Waals surface area contributed by atoms with E-state index in [1.54, 1.807) is 0 Å². The minimum absolute atomic E-state index is 0.0171. The maximum absolute atomic E-state index is 12.2. The molecule has 2 rings (SSSR count). The lowest BCUT2D eigenvalue weighted by molar-refractivity contribution is -0.151. The summed E-state index contributed by atoms with van der Waals surface area (Å²) in [5, 5.41) is 3.39. The molecule has 21 heavy (non-hydrogen) atoms. The van der Waals surface area contributed by atoms with Crippen LogP contribution in [0.2, 0.25) is 0 Å². The number of ether oxygens (including phenoxy) is 1. The van der Waals surface area contributed by atoms with E-state index in [4.69, 9.17) is 4.74 Å². The molecule has 5 nitrogen and oxygen atoms in total. The van der Waals surface area contributed by atoms with Gasteiger partial charge in [-0.05, 0) is 58.0 Å². The van der Waals surface area contributed by atoms with E-state index in [0.29, 0.717) is 32.0 Å². The number of esters is 1. The first-order valence-electron chi connectivity index (χ1n) is 8.35. The molecule has 0 bridgehead atoms. The van der Waals surface area contributed by atoms with Crippen molar-refractivity contribution in [3.63, 3.8) is 0 Å². The Morgan fingerprint density at radius 2 is 2.00 bits per heavy atom. The lowest BCUT2D eigenvalue weighted by atomic mass is 9.93. The maximum Gasteiger partial charge on any atom is 0.309 e. The zero-order valence-corrected chi connectivity index (χ0v) is 13.1. The molecule has 0 aromatic rings. The standard InChI is InChI=1S/C16H28N2O3/c1-2-21-16(20)14-7-10-18(11-8-14)15(19)6-5-13-4-3-9-17-12-13/h13-14,17H,2-12H2,1H3. The molecule has 0 saturated carbocycles. The Labute approximate surface area is 127 Å². The van der Waals surface area contributed by atoms with Gasteiger partial charge in [-0.15, -0.1) is 0 Å².